The molecular weight excluding hydrogens is 162 g/mol. The van der Waals surface area contributed by atoms with E-state index in [0.717, 1.165) is 12.8 Å². The lowest BCUT2D eigenvalue weighted by Gasteiger charge is -2.32. The van der Waals surface area contributed by atoms with E-state index in [0.29, 0.717) is 12.0 Å². The molecule has 1 rings (SSSR count). The van der Waals surface area contributed by atoms with Gasteiger partial charge in [-0.15, -0.1) is 0 Å². The number of rotatable bonds is 3. The molecule has 1 fully saturated rings. The number of nitrogens with two attached hydrogens (primary N) is 1. The van der Waals surface area contributed by atoms with E-state index >= 15 is 0 Å². The fraction of sp³-hybridized carbons (Fsp3) is 0.727. The van der Waals surface area contributed by atoms with Gasteiger partial charge in [0.1, 0.15) is 0 Å². The van der Waals surface area contributed by atoms with E-state index in [1.165, 1.54) is 19.3 Å². The Morgan fingerprint density at radius 1 is 1.38 bits per heavy atom. The van der Waals surface area contributed by atoms with Gasteiger partial charge in [0.25, 0.3) is 0 Å². The van der Waals surface area contributed by atoms with E-state index in [-0.39, 0.29) is 11.3 Å². The van der Waals surface area contributed by atoms with Crippen molar-refractivity contribution in [2.75, 3.05) is 0 Å². The molecule has 1 aliphatic rings. The molecule has 0 aromatic heterocycles. The second-order valence-electron chi connectivity index (χ2n) is 4.30. The van der Waals surface area contributed by atoms with Crippen LogP contribution in [0.15, 0.2) is 12.2 Å². The highest BCUT2D eigenvalue weighted by Gasteiger charge is 2.29. The number of hydrogen-bond donors (Lipinski definition) is 1. The predicted octanol–water partition coefficient (Wildman–Crippen LogP) is 2.18. The molecule has 0 aliphatic heterocycles. The van der Waals surface area contributed by atoms with E-state index in [2.05, 4.69) is 6.58 Å². The number of Topliss-reactive ketones (excluding diaryl/α,β-unsaturated/α-hetero) is 1. The first-order chi connectivity index (χ1) is 6.03. The molecule has 2 nitrogen and oxygen atoms in total. The van der Waals surface area contributed by atoms with E-state index < -0.39 is 0 Å². The van der Waals surface area contributed by atoms with Gasteiger partial charge in [0.2, 0.25) is 0 Å². The minimum atomic E-state index is -0.228. The first kappa shape index (κ1) is 10.5. The number of carbonyl (C=O) groups is 1. The van der Waals surface area contributed by atoms with Crippen LogP contribution in [-0.4, -0.2) is 11.3 Å². The molecule has 0 amide bonds. The highest BCUT2D eigenvalue weighted by atomic mass is 16.1. The molecule has 1 aliphatic carbocycles. The average molecular weight is 181 g/mol. The van der Waals surface area contributed by atoms with Crippen molar-refractivity contribution in [3.8, 4) is 0 Å². The van der Waals surface area contributed by atoms with Crippen LogP contribution in [0.3, 0.4) is 0 Å². The van der Waals surface area contributed by atoms with Crippen molar-refractivity contribution in [3.63, 3.8) is 0 Å². The molecule has 0 saturated heterocycles. The molecule has 2 N–H and O–H groups in total. The topological polar surface area (TPSA) is 43.1 Å². The maximum Gasteiger partial charge on any atom is 0.159 e. The number of carbonyl (C=O) groups excluding carboxylic acids is 1. The van der Waals surface area contributed by atoms with Gasteiger partial charge in [-0.25, -0.2) is 0 Å². The summed E-state index contributed by atoms with van der Waals surface area (Å²) in [6, 6.07) is 0. The summed E-state index contributed by atoms with van der Waals surface area (Å²) in [5.41, 5.74) is 6.54. The van der Waals surface area contributed by atoms with Crippen molar-refractivity contribution in [2.24, 2.45) is 5.73 Å². The zero-order valence-electron chi connectivity index (χ0n) is 8.44. The van der Waals surface area contributed by atoms with Gasteiger partial charge in [-0.1, -0.05) is 25.8 Å². The summed E-state index contributed by atoms with van der Waals surface area (Å²) >= 11 is 0. The summed E-state index contributed by atoms with van der Waals surface area (Å²) in [6.45, 7) is 5.41. The molecule has 0 spiro atoms. The molecule has 0 atom stereocenters. The van der Waals surface area contributed by atoms with Crippen LogP contribution in [0.1, 0.15) is 45.4 Å². The summed E-state index contributed by atoms with van der Waals surface area (Å²) in [6.07, 6.45) is 6.07. The molecule has 2 heteroatoms. The molecule has 0 heterocycles. The summed E-state index contributed by atoms with van der Waals surface area (Å²) in [5, 5.41) is 0. The first-order valence-electron chi connectivity index (χ1n) is 5.01. The van der Waals surface area contributed by atoms with E-state index in [1.54, 1.807) is 6.92 Å². The van der Waals surface area contributed by atoms with Crippen molar-refractivity contribution in [2.45, 2.75) is 51.0 Å². The Labute approximate surface area is 80.2 Å². The Morgan fingerprint density at radius 2 is 1.92 bits per heavy atom. The lowest BCUT2D eigenvalue weighted by molar-refractivity contribution is -0.116. The van der Waals surface area contributed by atoms with Gasteiger partial charge >= 0.3 is 0 Å². The van der Waals surface area contributed by atoms with Crippen molar-refractivity contribution in [1.82, 2.24) is 0 Å². The third-order valence-corrected chi connectivity index (χ3v) is 2.84. The SMILES string of the molecule is C=C(C)C(=O)CC1(N)CCCCC1. The second kappa shape index (κ2) is 4.05. The van der Waals surface area contributed by atoms with Gasteiger partial charge in [0, 0.05) is 12.0 Å². The standard InChI is InChI=1S/C11H19NO/c1-9(2)10(13)8-11(12)6-4-3-5-7-11/h1,3-8,12H2,2H3. The fourth-order valence-electron chi connectivity index (χ4n) is 1.90. The van der Waals surface area contributed by atoms with Crippen molar-refractivity contribution in [1.29, 1.82) is 0 Å². The first-order valence-corrected chi connectivity index (χ1v) is 5.01. The summed E-state index contributed by atoms with van der Waals surface area (Å²) < 4.78 is 0. The third-order valence-electron chi connectivity index (χ3n) is 2.84. The molecule has 74 valence electrons. The van der Waals surface area contributed by atoms with Crippen LogP contribution >= 0.6 is 0 Å². The lowest BCUT2D eigenvalue weighted by atomic mass is 9.78. The molecule has 0 bridgehead atoms. The second-order valence-corrected chi connectivity index (χ2v) is 4.30. The Bertz CT molecular complexity index is 214. The minimum Gasteiger partial charge on any atom is -0.325 e. The molecule has 0 aromatic carbocycles. The number of ketones is 1. The highest BCUT2D eigenvalue weighted by molar-refractivity contribution is 5.94. The zero-order valence-corrected chi connectivity index (χ0v) is 8.44. The number of hydrogen-bond acceptors (Lipinski definition) is 2. The molecular formula is C11H19NO. The monoisotopic (exact) mass is 181 g/mol. The highest BCUT2D eigenvalue weighted by Crippen LogP contribution is 2.29. The minimum absolute atomic E-state index is 0.129. The third kappa shape index (κ3) is 2.96. The van der Waals surface area contributed by atoms with E-state index in [1.807, 2.05) is 0 Å². The van der Waals surface area contributed by atoms with Crippen LogP contribution in [0.25, 0.3) is 0 Å². The van der Waals surface area contributed by atoms with Gasteiger partial charge in [-0.3, -0.25) is 4.79 Å². The van der Waals surface area contributed by atoms with E-state index in [9.17, 15) is 4.79 Å². The van der Waals surface area contributed by atoms with Gasteiger partial charge in [-0.05, 0) is 25.3 Å². The van der Waals surface area contributed by atoms with Crippen LogP contribution in [0, 0.1) is 0 Å². The quantitative estimate of drug-likeness (QED) is 0.678. The van der Waals surface area contributed by atoms with Crippen molar-refractivity contribution >= 4 is 5.78 Å². The van der Waals surface area contributed by atoms with Gasteiger partial charge in [-0.2, -0.15) is 0 Å². The van der Waals surface area contributed by atoms with Crippen LogP contribution in [0.5, 0.6) is 0 Å². The van der Waals surface area contributed by atoms with Crippen molar-refractivity contribution in [3.05, 3.63) is 12.2 Å². The van der Waals surface area contributed by atoms with Crippen LogP contribution < -0.4 is 5.73 Å². The summed E-state index contributed by atoms with van der Waals surface area (Å²) in [7, 11) is 0. The largest absolute Gasteiger partial charge is 0.325 e. The summed E-state index contributed by atoms with van der Waals surface area (Å²) in [5.74, 6) is 0.129. The molecule has 0 radical (unpaired) electrons. The van der Waals surface area contributed by atoms with Gasteiger partial charge in [0.15, 0.2) is 5.78 Å². The number of allylic oxidation sites excluding steroid dienone is 1. The zero-order chi connectivity index (χ0) is 9.90. The Kier molecular flexibility index (Phi) is 3.26. The maximum atomic E-state index is 11.4. The predicted molar refractivity (Wildman–Crippen MR) is 54.4 cm³/mol. The normalized spacial score (nSPS) is 21.1. The Balaban J connectivity index is 2.50. The van der Waals surface area contributed by atoms with Crippen LogP contribution in [0.4, 0.5) is 0 Å². The Morgan fingerprint density at radius 3 is 2.38 bits per heavy atom. The van der Waals surface area contributed by atoms with Gasteiger partial charge < -0.3 is 5.73 Å². The van der Waals surface area contributed by atoms with Crippen LogP contribution in [-0.2, 0) is 4.79 Å². The maximum absolute atomic E-state index is 11.4. The van der Waals surface area contributed by atoms with Crippen LogP contribution in [0.2, 0.25) is 0 Å². The lowest BCUT2D eigenvalue weighted by Crippen LogP contribution is -2.43. The summed E-state index contributed by atoms with van der Waals surface area (Å²) in [4.78, 5) is 11.4. The van der Waals surface area contributed by atoms with Crippen molar-refractivity contribution < 1.29 is 4.79 Å². The molecule has 0 unspecified atom stereocenters. The molecule has 1 saturated carbocycles. The Hall–Kier alpha value is -0.630. The van der Waals surface area contributed by atoms with Gasteiger partial charge in [0.05, 0.1) is 0 Å². The molecule has 13 heavy (non-hydrogen) atoms. The average Bonchev–Trinajstić information content (AvgIpc) is 2.04. The smallest absolute Gasteiger partial charge is 0.159 e. The fourth-order valence-corrected chi connectivity index (χ4v) is 1.90. The van der Waals surface area contributed by atoms with E-state index in [4.69, 9.17) is 5.73 Å². The molecule has 0 aromatic rings.